The highest BCUT2D eigenvalue weighted by molar-refractivity contribution is 5.68. The van der Waals surface area contributed by atoms with Gasteiger partial charge in [0.05, 0.1) is 0 Å². The van der Waals surface area contributed by atoms with E-state index in [0.29, 0.717) is 45.9 Å². The Bertz CT molecular complexity index is 5000. The highest BCUT2D eigenvalue weighted by Gasteiger charge is 2.25. The van der Waals surface area contributed by atoms with Crippen LogP contribution in [-0.4, -0.2) is 0 Å². The Morgan fingerprint density at radius 3 is 0.631 bits per heavy atom. The first-order chi connectivity index (χ1) is 59.6. The van der Waals surface area contributed by atoms with Crippen molar-refractivity contribution < 1.29 is 17.6 Å². The van der Waals surface area contributed by atoms with Gasteiger partial charge in [-0.2, -0.15) is 0 Å². The van der Waals surface area contributed by atoms with Crippen LogP contribution in [0.25, 0.3) is 44.5 Å². The molecule has 0 nitrogen and oxygen atoms in total. The van der Waals surface area contributed by atoms with Gasteiger partial charge in [0, 0.05) is 22.3 Å². The van der Waals surface area contributed by atoms with Crippen molar-refractivity contribution in [3.63, 3.8) is 0 Å². The third-order valence-corrected chi connectivity index (χ3v) is 26.5. The molecule has 4 saturated carbocycles. The van der Waals surface area contributed by atoms with E-state index in [1.165, 1.54) is 211 Å². The molecule has 0 saturated heterocycles. The molecule has 0 heterocycles. The predicted molar refractivity (Wildman–Crippen MR) is 515 cm³/mol. The van der Waals surface area contributed by atoms with Crippen LogP contribution in [0.3, 0.4) is 0 Å². The number of halogens is 4. The first-order valence-corrected chi connectivity index (χ1v) is 47.5. The van der Waals surface area contributed by atoms with Crippen LogP contribution in [0, 0.1) is 42.0 Å². The molecule has 0 atom stereocenters. The standard InChI is InChI=1S/C30H35F.C29H33F.C28H31F.C27H29F.2C2H6/c1-3-4-23-7-9-24(10-8-23)11-12-25-13-17-27(18-14-25)29-20-19-28(21-30(29)31)26-15-5-22(2)6-16-26;1-3-22-6-8-23(9-7-22)10-11-24-12-16-26(17-13-24)28-19-18-27(20-29(28)30)25-14-4-21(2)5-15-25;1-2-21-8-10-22(11-9-21)12-13-23-14-16-25(17-15-23)27-19-18-26(20-28(27)29)24-6-4-3-5-7-24;1-20-7-9-21(10-8-20)11-12-22-13-15-24(16-14-22)26-18-17-25(19-27(26)28)23-5-3-2-4-6-23;2*1-2/h7-10,13-14,17-22,26H,3-6,11-12,15-16H2,1-2H3;6-9,12-13,16-21,25H,3-5,10-11,14-15H2,1-2H3;8-11,14-20,24H,2-7,12-13H2,1H3;7-10,13-19,23H,2-6,11-12H2,1H3;2*1-2H3. The molecule has 122 heavy (non-hydrogen) atoms. The number of hydrogen-bond donors (Lipinski definition) is 0. The molecule has 0 unspecified atom stereocenters. The number of rotatable bonds is 24. The second kappa shape index (κ2) is 49.0. The maximum atomic E-state index is 14.9. The van der Waals surface area contributed by atoms with Crippen molar-refractivity contribution in [2.24, 2.45) is 11.8 Å². The Morgan fingerprint density at radius 1 is 0.221 bits per heavy atom. The summed E-state index contributed by atoms with van der Waals surface area (Å²) < 4.78 is 59.4. The van der Waals surface area contributed by atoms with Crippen LogP contribution >= 0.6 is 0 Å². The van der Waals surface area contributed by atoms with Gasteiger partial charge >= 0.3 is 0 Å². The van der Waals surface area contributed by atoms with Crippen molar-refractivity contribution in [1.82, 2.24) is 0 Å². The molecule has 0 aliphatic heterocycles. The van der Waals surface area contributed by atoms with Gasteiger partial charge in [0.25, 0.3) is 0 Å². The second-order valence-corrected chi connectivity index (χ2v) is 35.2. The summed E-state index contributed by atoms with van der Waals surface area (Å²) in [5.41, 5.74) is 27.6. The fourth-order valence-electron chi connectivity index (χ4n) is 18.5. The van der Waals surface area contributed by atoms with Crippen LogP contribution in [0.1, 0.15) is 297 Å². The van der Waals surface area contributed by atoms with Gasteiger partial charge in [-0.15, -0.1) is 0 Å². The molecule has 12 aromatic rings. The molecule has 4 aliphatic carbocycles. The predicted octanol–water partition coefficient (Wildman–Crippen LogP) is 34.2. The van der Waals surface area contributed by atoms with E-state index in [4.69, 9.17) is 0 Å². The zero-order chi connectivity index (χ0) is 86.0. The zero-order valence-corrected chi connectivity index (χ0v) is 75.6. The summed E-state index contributed by atoms with van der Waals surface area (Å²) in [6.07, 6.45) is 35.1. The van der Waals surface area contributed by atoms with E-state index in [1.807, 2.05) is 52.0 Å². The zero-order valence-electron chi connectivity index (χ0n) is 75.6. The summed E-state index contributed by atoms with van der Waals surface area (Å²) in [6.45, 7) is 21.4. The molecular weight excluding hydrogens is 1490 g/mol. The van der Waals surface area contributed by atoms with Crippen molar-refractivity contribution in [1.29, 1.82) is 0 Å². The summed E-state index contributed by atoms with van der Waals surface area (Å²) in [5.74, 6) is 3.43. The van der Waals surface area contributed by atoms with Gasteiger partial charge in [-0.3, -0.25) is 0 Å². The van der Waals surface area contributed by atoms with Gasteiger partial charge in [0.2, 0.25) is 0 Å². The molecule has 0 amide bonds. The second-order valence-electron chi connectivity index (χ2n) is 35.2. The maximum absolute atomic E-state index is 14.9. The summed E-state index contributed by atoms with van der Waals surface area (Å²) in [5, 5.41) is 0. The average molecular weight is 1630 g/mol. The lowest BCUT2D eigenvalue weighted by Gasteiger charge is -2.26. The highest BCUT2D eigenvalue weighted by Crippen LogP contribution is 2.41. The Kier molecular flexibility index (Phi) is 37.4. The summed E-state index contributed by atoms with van der Waals surface area (Å²) >= 11 is 0. The third-order valence-electron chi connectivity index (χ3n) is 26.5. The maximum Gasteiger partial charge on any atom is 0.131 e. The lowest BCUT2D eigenvalue weighted by molar-refractivity contribution is 0.347. The van der Waals surface area contributed by atoms with Gasteiger partial charge in [-0.25, -0.2) is 17.6 Å². The summed E-state index contributed by atoms with van der Waals surface area (Å²) in [4.78, 5) is 0. The van der Waals surface area contributed by atoms with Crippen molar-refractivity contribution >= 4 is 0 Å². The molecular formula is C118H140F4. The normalized spacial score (nSPS) is 16.5. The molecule has 4 aliphatic rings. The van der Waals surface area contributed by atoms with Gasteiger partial charge in [0.15, 0.2) is 0 Å². The smallest absolute Gasteiger partial charge is 0.131 e. The van der Waals surface area contributed by atoms with E-state index in [-0.39, 0.29) is 23.3 Å². The molecule has 4 heteroatoms. The quantitative estimate of drug-likeness (QED) is 0.0529. The minimum atomic E-state index is -0.0881. The molecule has 0 bridgehead atoms. The van der Waals surface area contributed by atoms with Gasteiger partial charge < -0.3 is 0 Å². The van der Waals surface area contributed by atoms with Gasteiger partial charge in [-0.1, -0.05) is 381 Å². The molecule has 12 aromatic carbocycles. The molecule has 0 N–H and O–H groups in total. The van der Waals surface area contributed by atoms with E-state index in [2.05, 4.69) is 260 Å². The lowest BCUT2D eigenvalue weighted by Crippen LogP contribution is -2.11. The van der Waals surface area contributed by atoms with Crippen LogP contribution in [0.15, 0.2) is 267 Å². The molecule has 0 spiro atoms. The Morgan fingerprint density at radius 2 is 0.418 bits per heavy atom. The average Bonchev–Trinajstić information content (AvgIpc) is 0.829. The van der Waals surface area contributed by atoms with E-state index < -0.39 is 0 Å². The first kappa shape index (κ1) is 93.1. The monoisotopic (exact) mass is 1630 g/mol. The summed E-state index contributed by atoms with van der Waals surface area (Å²) in [6, 6.07) is 92.8. The van der Waals surface area contributed by atoms with Crippen LogP contribution in [0.4, 0.5) is 17.6 Å². The van der Waals surface area contributed by atoms with Crippen LogP contribution in [0.5, 0.6) is 0 Å². The van der Waals surface area contributed by atoms with Gasteiger partial charge in [0.1, 0.15) is 23.3 Å². The van der Waals surface area contributed by atoms with E-state index in [1.54, 1.807) is 24.3 Å². The van der Waals surface area contributed by atoms with Crippen LogP contribution < -0.4 is 0 Å². The number of benzene rings is 12. The molecule has 640 valence electrons. The fraction of sp³-hybridized carbons (Fsp3) is 0.390. The Hall–Kier alpha value is -9.64. The Balaban J connectivity index is 0.000000157. The minimum Gasteiger partial charge on any atom is -0.206 e. The fourth-order valence-corrected chi connectivity index (χ4v) is 18.5. The number of hydrogen-bond acceptors (Lipinski definition) is 0. The SMILES string of the molecule is CC.CC.CCCc1ccc(CCc2ccc(-c3ccc(C4CCC(C)CC4)cc3F)cc2)cc1.CCc1ccc(CCc2ccc(-c3ccc(C4CCC(C)CC4)cc3F)cc2)cc1.CCc1ccc(CCc2ccc(-c3ccc(C4CCCCC4)cc3F)cc2)cc1.Cc1ccc(CCc2ccc(-c3ccc(C4CCCCC4)cc3F)cc2)cc1. The topological polar surface area (TPSA) is 0 Å². The van der Waals surface area contributed by atoms with Crippen molar-refractivity contribution in [2.75, 3.05) is 0 Å². The summed E-state index contributed by atoms with van der Waals surface area (Å²) in [7, 11) is 0. The first-order valence-electron chi connectivity index (χ1n) is 47.5. The van der Waals surface area contributed by atoms with Gasteiger partial charge in [-0.05, 0) is 294 Å². The highest BCUT2D eigenvalue weighted by atomic mass is 19.1. The minimum absolute atomic E-state index is 0.0863. The van der Waals surface area contributed by atoms with Crippen molar-refractivity contribution in [3.05, 3.63) is 379 Å². The van der Waals surface area contributed by atoms with Crippen molar-refractivity contribution in [2.45, 2.75) is 286 Å². The van der Waals surface area contributed by atoms with Crippen molar-refractivity contribution in [3.8, 4) is 44.5 Å². The molecule has 0 radical (unpaired) electrons. The van der Waals surface area contributed by atoms with Crippen LogP contribution in [0.2, 0.25) is 0 Å². The van der Waals surface area contributed by atoms with E-state index in [0.717, 1.165) is 105 Å². The third kappa shape index (κ3) is 27.9. The largest absolute Gasteiger partial charge is 0.206 e. The molecule has 0 aromatic heterocycles. The van der Waals surface area contributed by atoms with Crippen LogP contribution in [-0.2, 0) is 70.6 Å². The van der Waals surface area contributed by atoms with E-state index >= 15 is 0 Å². The molecule has 4 fully saturated rings. The molecule has 16 rings (SSSR count). The van der Waals surface area contributed by atoms with E-state index in [9.17, 15) is 17.6 Å². The Labute approximate surface area is 734 Å². The lowest BCUT2D eigenvalue weighted by atomic mass is 9.79. The number of aryl methyl sites for hydroxylation is 12.